The van der Waals surface area contributed by atoms with Crippen molar-refractivity contribution in [3.8, 4) is 0 Å². The van der Waals surface area contributed by atoms with E-state index in [0.717, 1.165) is 6.42 Å². The molecule has 0 amide bonds. The quantitative estimate of drug-likeness (QED) is 0.182. The molecule has 0 saturated carbocycles. The van der Waals surface area contributed by atoms with Crippen LogP contribution >= 0.6 is 37.2 Å². The number of halogens is 3. The third kappa shape index (κ3) is 10.2. The monoisotopic (exact) mass is 815 g/mol. The van der Waals surface area contributed by atoms with Gasteiger partial charge in [0.25, 0.3) is 0 Å². The molecule has 287 valence electrons. The first-order valence-electron chi connectivity index (χ1n) is 18.6. The second-order valence-electron chi connectivity index (χ2n) is 21.1. The Morgan fingerprint density at radius 3 is 0.750 bits per heavy atom. The summed E-state index contributed by atoms with van der Waals surface area (Å²) >= 11 is 2.41. The van der Waals surface area contributed by atoms with Crippen molar-refractivity contribution in [2.45, 2.75) is 164 Å². The van der Waals surface area contributed by atoms with E-state index < -0.39 is 8.07 Å². The Balaban J connectivity index is 0.00000451. The Kier molecular flexibility index (Phi) is 15.2. The second kappa shape index (κ2) is 16.2. The zero-order valence-corrected chi connectivity index (χ0v) is 40.8. The van der Waals surface area contributed by atoms with Crippen molar-refractivity contribution >= 4 is 60.9 Å². The summed E-state index contributed by atoms with van der Waals surface area (Å²) in [7, 11) is -2.92. The molecule has 0 heterocycles. The minimum atomic E-state index is -2.92. The van der Waals surface area contributed by atoms with Gasteiger partial charge < -0.3 is 0 Å². The van der Waals surface area contributed by atoms with Gasteiger partial charge in [0.1, 0.15) is 0 Å². The normalized spacial score (nSPS) is 14.5. The average Bonchev–Trinajstić information content (AvgIpc) is 3.36. The predicted molar refractivity (Wildman–Crippen MR) is 239 cm³/mol. The number of allylic oxidation sites excluding steroid dienone is 4. The van der Waals surface area contributed by atoms with Gasteiger partial charge in [-0.15, -0.1) is 37.2 Å². The van der Waals surface area contributed by atoms with Crippen LogP contribution in [-0.4, -0.2) is 8.07 Å². The molecule has 1 aliphatic carbocycles. The molecule has 3 aromatic rings. The Bertz CT molecular complexity index is 1510. The average molecular weight is 817 g/mol. The van der Waals surface area contributed by atoms with Crippen LogP contribution in [0.5, 0.6) is 0 Å². The van der Waals surface area contributed by atoms with E-state index >= 15 is 0 Å². The molecule has 0 aliphatic heterocycles. The number of hydrogen-bond acceptors (Lipinski definition) is 0. The van der Waals surface area contributed by atoms with Gasteiger partial charge >= 0.3 is 317 Å². The zero-order chi connectivity index (χ0) is 37.3. The fraction of sp³-hybridized carbons (Fsp3) is 0.532. The molecule has 4 rings (SSSR count). The second-order valence-corrected chi connectivity index (χ2v) is 25.9. The third-order valence-corrected chi connectivity index (χ3v) is 16.5. The van der Waals surface area contributed by atoms with Gasteiger partial charge in [0.05, 0.1) is 0 Å². The van der Waals surface area contributed by atoms with Crippen LogP contribution in [0.2, 0.25) is 0 Å². The van der Waals surface area contributed by atoms with Crippen LogP contribution in [0.1, 0.15) is 164 Å². The molecular formula is C47H70Cl3SiTi. The van der Waals surface area contributed by atoms with Crippen LogP contribution in [0, 0.1) is 0 Å². The smallest absolute Gasteiger partial charge is 0.147 e. The van der Waals surface area contributed by atoms with Gasteiger partial charge in [-0.05, 0) is 0 Å². The molecule has 5 heteroatoms. The van der Waals surface area contributed by atoms with Crippen molar-refractivity contribution in [3.05, 3.63) is 109 Å². The standard InChI is InChI=1S/C47H67Si.3ClH.Ti/c1-42(2,3)32-23-33(43(4,5)6)27-39(26-32)48(38-21-19-20-22-38,40-28-34(44(7,8)9)24-35(29-40)45(10,11)12)41-30-36(46(13,14)15)25-37(31-41)47(16,17)18;;;;/h19,21,23-31H,20H2,1-18H3;3*1H;. The summed E-state index contributed by atoms with van der Waals surface area (Å²) < 4.78 is 1.52. The molecule has 0 unspecified atom stereocenters. The van der Waals surface area contributed by atoms with Gasteiger partial charge in [0.15, 0.2) is 0 Å². The van der Waals surface area contributed by atoms with Gasteiger partial charge in [-0.25, -0.2) is 0 Å². The van der Waals surface area contributed by atoms with Crippen LogP contribution in [0.3, 0.4) is 0 Å². The summed E-state index contributed by atoms with van der Waals surface area (Å²) in [5.74, 6) is 0. The van der Waals surface area contributed by atoms with E-state index in [1.54, 1.807) is 5.20 Å². The number of rotatable bonds is 4. The molecule has 0 bridgehead atoms. The minimum absolute atomic E-state index is 0. The van der Waals surface area contributed by atoms with Crippen molar-refractivity contribution in [3.63, 3.8) is 0 Å². The van der Waals surface area contributed by atoms with E-state index in [1.165, 1.54) is 52.8 Å². The fourth-order valence-corrected chi connectivity index (χ4v) is 13.2. The molecule has 1 aliphatic rings. The van der Waals surface area contributed by atoms with Gasteiger partial charge in [-0.2, -0.15) is 0 Å². The summed E-state index contributed by atoms with van der Waals surface area (Å²) in [6.45, 7) is 43.0. The first kappa shape index (κ1) is 49.0. The molecule has 0 nitrogen and oxygen atoms in total. The van der Waals surface area contributed by atoms with E-state index in [1.807, 2.05) is 0 Å². The van der Waals surface area contributed by atoms with Crippen molar-refractivity contribution in [2.75, 3.05) is 0 Å². The largest absolute Gasteiger partial charge is 0.147 e. The summed E-state index contributed by atoms with van der Waals surface area (Å²) in [6.07, 6.45) is 5.98. The predicted octanol–water partition coefficient (Wildman–Crippen LogP) is 12.5. The van der Waals surface area contributed by atoms with E-state index in [9.17, 15) is 0 Å². The van der Waals surface area contributed by atoms with Gasteiger partial charge in [-0.3, -0.25) is 0 Å². The maximum absolute atomic E-state index is 2.92. The van der Waals surface area contributed by atoms with Gasteiger partial charge in [-0.1, -0.05) is 0 Å². The first-order chi connectivity index (χ1) is 22.0. The Hall–Kier alpha value is -1.06. The molecule has 0 atom stereocenters. The van der Waals surface area contributed by atoms with Crippen molar-refractivity contribution in [1.29, 1.82) is 0 Å². The maximum Gasteiger partial charge on any atom is -0.147 e. The Labute approximate surface area is 351 Å². The van der Waals surface area contributed by atoms with Crippen molar-refractivity contribution in [2.24, 2.45) is 0 Å². The molecule has 0 N–H and O–H groups in total. The topological polar surface area (TPSA) is 0 Å². The van der Waals surface area contributed by atoms with Crippen LogP contribution in [0.25, 0.3) is 0 Å². The summed E-state index contributed by atoms with van der Waals surface area (Å²) in [6, 6.07) is 23.3. The van der Waals surface area contributed by atoms with E-state index in [0.29, 0.717) is 0 Å². The van der Waals surface area contributed by atoms with Crippen LogP contribution < -0.4 is 15.6 Å². The SMILES string of the molecule is CC(C)(C)c1cc(C(C)(C)C)cc([Si](C2=[C]([Ti])CC=C2)(c2cc(C(C)(C)C)cc(C(C)(C)C)c2)c2cc(C(C)(C)C)cc(C(C)(C)C)c2)c1.Cl.Cl.Cl. The molecule has 0 spiro atoms. The number of hydrogen-bond donors (Lipinski definition) is 0. The van der Waals surface area contributed by atoms with E-state index in [4.69, 9.17) is 0 Å². The van der Waals surface area contributed by atoms with Gasteiger partial charge in [0, 0.05) is 0 Å². The van der Waals surface area contributed by atoms with Crippen molar-refractivity contribution in [1.82, 2.24) is 0 Å². The van der Waals surface area contributed by atoms with E-state index in [2.05, 4.69) is 212 Å². The summed E-state index contributed by atoms with van der Waals surface area (Å²) in [5.41, 5.74) is 8.65. The van der Waals surface area contributed by atoms with Gasteiger partial charge in [0.2, 0.25) is 0 Å². The van der Waals surface area contributed by atoms with Crippen LogP contribution in [0.15, 0.2) is 75.8 Å². The molecule has 0 radical (unpaired) electrons. The zero-order valence-electron chi connectivity index (χ0n) is 35.8. The molecule has 3 aromatic carbocycles. The molecule has 0 saturated heterocycles. The van der Waals surface area contributed by atoms with E-state index in [-0.39, 0.29) is 69.7 Å². The molecular weight excluding hydrogens is 747 g/mol. The molecule has 52 heavy (non-hydrogen) atoms. The maximum atomic E-state index is 2.63. The molecule has 0 fully saturated rings. The number of benzene rings is 3. The first-order valence-corrected chi connectivity index (χ1v) is 21.4. The third-order valence-electron chi connectivity index (χ3n) is 10.6. The fourth-order valence-electron chi connectivity index (χ4n) is 6.95. The summed E-state index contributed by atoms with van der Waals surface area (Å²) in [5, 5.41) is 6.11. The minimum Gasteiger partial charge on any atom is -0.147 e. The van der Waals surface area contributed by atoms with Crippen LogP contribution in [-0.2, 0) is 52.9 Å². The van der Waals surface area contributed by atoms with Crippen molar-refractivity contribution < 1.29 is 20.4 Å². The van der Waals surface area contributed by atoms with Crippen LogP contribution in [0.4, 0.5) is 0 Å². The summed E-state index contributed by atoms with van der Waals surface area (Å²) in [4.78, 5) is 0. The Morgan fingerprint density at radius 1 is 0.385 bits per heavy atom. The molecule has 0 aromatic heterocycles. The Morgan fingerprint density at radius 2 is 0.596 bits per heavy atom.